The van der Waals surface area contributed by atoms with Crippen LogP contribution >= 0.6 is 15.1 Å². The summed E-state index contributed by atoms with van der Waals surface area (Å²) in [5.41, 5.74) is 0.702. The molecule has 0 aliphatic rings. The first-order chi connectivity index (χ1) is 11.3. The highest BCUT2D eigenvalue weighted by Gasteiger charge is 2.42. The van der Waals surface area contributed by atoms with Crippen LogP contribution in [0.2, 0.25) is 0 Å². The molecule has 0 aliphatic carbocycles. The molecule has 3 aromatic carbocycles. The van der Waals surface area contributed by atoms with Crippen molar-refractivity contribution in [2.75, 3.05) is 0 Å². The lowest BCUT2D eigenvalue weighted by Crippen LogP contribution is -2.10. The first-order valence-corrected chi connectivity index (χ1v) is 10.7. The van der Waals surface area contributed by atoms with E-state index in [-0.39, 0.29) is 0 Å². The number of rotatable bonds is 5. The van der Waals surface area contributed by atoms with Gasteiger partial charge in [0.05, 0.1) is 0 Å². The Morgan fingerprint density at radius 2 is 1.09 bits per heavy atom. The van der Waals surface area contributed by atoms with Gasteiger partial charge >= 0.3 is 7.49 Å². The average Bonchev–Trinajstić information content (AvgIpc) is 2.64. The van der Waals surface area contributed by atoms with E-state index >= 15 is 0 Å². The molecule has 4 heteroatoms. The molecule has 23 heavy (non-hydrogen) atoms. The van der Waals surface area contributed by atoms with Crippen LogP contribution < -0.4 is 10.6 Å². The SMILES string of the molecule is O=[P+](C(O)c1ccccc1)P(c1ccccc1)c1ccccc1. The predicted molar refractivity (Wildman–Crippen MR) is 98.1 cm³/mol. The third-order valence-corrected chi connectivity index (χ3v) is 9.42. The first kappa shape index (κ1) is 16.0. The lowest BCUT2D eigenvalue weighted by Gasteiger charge is -2.10. The Bertz CT molecular complexity index is 722. The van der Waals surface area contributed by atoms with Crippen LogP contribution in [0.4, 0.5) is 0 Å². The van der Waals surface area contributed by atoms with Crippen molar-refractivity contribution in [3.63, 3.8) is 0 Å². The van der Waals surface area contributed by atoms with Crippen molar-refractivity contribution in [2.45, 2.75) is 5.85 Å². The molecule has 2 unspecified atom stereocenters. The van der Waals surface area contributed by atoms with Crippen molar-refractivity contribution < 1.29 is 9.67 Å². The van der Waals surface area contributed by atoms with E-state index in [1.165, 1.54) is 0 Å². The standard InChI is InChI=1S/C19H17O2P2/c20-19(16-10-4-1-5-11-16)23(21)22(17-12-6-2-7-13-17)18-14-8-3-9-15-18/h1-15,19-20H/q+1. The van der Waals surface area contributed by atoms with Gasteiger partial charge in [0.15, 0.2) is 0 Å². The largest absolute Gasteiger partial charge is 0.401 e. The average molecular weight is 339 g/mol. The molecule has 0 spiro atoms. The highest BCUT2D eigenvalue weighted by molar-refractivity contribution is 8.31. The van der Waals surface area contributed by atoms with Crippen molar-refractivity contribution in [1.82, 2.24) is 0 Å². The summed E-state index contributed by atoms with van der Waals surface area (Å²) in [6.45, 7) is 0. The Kier molecular flexibility index (Phi) is 5.31. The fourth-order valence-electron chi connectivity index (χ4n) is 2.38. The Morgan fingerprint density at radius 1 is 0.696 bits per heavy atom. The number of aliphatic hydroxyl groups is 1. The number of benzene rings is 3. The summed E-state index contributed by atoms with van der Waals surface area (Å²) in [4.78, 5) is 0. The third-order valence-electron chi connectivity index (χ3n) is 3.51. The monoisotopic (exact) mass is 339 g/mol. The molecule has 1 N–H and O–H groups in total. The van der Waals surface area contributed by atoms with E-state index in [1.54, 1.807) is 0 Å². The van der Waals surface area contributed by atoms with Gasteiger partial charge in [0.2, 0.25) is 7.61 Å². The van der Waals surface area contributed by atoms with E-state index in [0.29, 0.717) is 5.56 Å². The Hall–Kier alpha value is -1.85. The summed E-state index contributed by atoms with van der Waals surface area (Å²) in [7, 11) is -2.98. The molecule has 0 amide bonds. The van der Waals surface area contributed by atoms with Gasteiger partial charge in [-0.3, -0.25) is 0 Å². The smallest absolute Gasteiger partial charge is 0.347 e. The third kappa shape index (κ3) is 3.74. The van der Waals surface area contributed by atoms with Crippen LogP contribution in [0.5, 0.6) is 0 Å². The Morgan fingerprint density at radius 3 is 1.52 bits per heavy atom. The summed E-state index contributed by atoms with van der Waals surface area (Å²) in [5, 5.41) is 12.7. The molecule has 2 atom stereocenters. The predicted octanol–water partition coefficient (Wildman–Crippen LogP) is 4.55. The van der Waals surface area contributed by atoms with Crippen molar-refractivity contribution in [3.8, 4) is 0 Å². The van der Waals surface area contributed by atoms with Crippen LogP contribution in [-0.2, 0) is 4.57 Å². The van der Waals surface area contributed by atoms with Crippen LogP contribution in [0, 0.1) is 0 Å². The lowest BCUT2D eigenvalue weighted by atomic mass is 10.2. The minimum Gasteiger partial charge on any atom is -0.347 e. The van der Waals surface area contributed by atoms with Gasteiger partial charge in [-0.15, -0.1) is 0 Å². The molecule has 0 aromatic heterocycles. The fourth-order valence-corrected chi connectivity index (χ4v) is 7.91. The number of aliphatic hydroxyl groups excluding tert-OH is 1. The van der Waals surface area contributed by atoms with Crippen LogP contribution in [0.15, 0.2) is 91.0 Å². The zero-order valence-electron chi connectivity index (χ0n) is 12.5. The van der Waals surface area contributed by atoms with Gasteiger partial charge < -0.3 is 5.11 Å². The van der Waals surface area contributed by atoms with Gasteiger partial charge in [-0.1, -0.05) is 95.6 Å². The van der Waals surface area contributed by atoms with Crippen LogP contribution in [0.1, 0.15) is 11.4 Å². The highest BCUT2D eigenvalue weighted by atomic mass is 32.1. The quantitative estimate of drug-likeness (QED) is 0.692. The van der Waals surface area contributed by atoms with Crippen molar-refractivity contribution >= 4 is 25.7 Å². The zero-order chi connectivity index (χ0) is 16.1. The van der Waals surface area contributed by atoms with E-state index < -0.39 is 20.9 Å². The maximum absolute atomic E-state index is 13.2. The molecule has 3 rings (SSSR count). The summed E-state index contributed by atoms with van der Waals surface area (Å²) in [6, 6.07) is 28.9. The maximum atomic E-state index is 13.2. The van der Waals surface area contributed by atoms with E-state index in [2.05, 4.69) is 0 Å². The molecule has 0 saturated carbocycles. The first-order valence-electron chi connectivity index (χ1n) is 7.37. The van der Waals surface area contributed by atoms with E-state index in [0.717, 1.165) is 10.6 Å². The molecule has 0 fully saturated rings. The fraction of sp³-hybridized carbons (Fsp3) is 0.0526. The molecular weight excluding hydrogens is 322 g/mol. The molecule has 114 valence electrons. The Balaban J connectivity index is 2.00. The molecule has 0 heterocycles. The lowest BCUT2D eigenvalue weighted by molar-refractivity contribution is 0.260. The van der Waals surface area contributed by atoms with Crippen molar-refractivity contribution in [2.24, 2.45) is 0 Å². The minimum atomic E-state index is -1.86. The summed E-state index contributed by atoms with van der Waals surface area (Å²) < 4.78 is 13.2. The van der Waals surface area contributed by atoms with Crippen LogP contribution in [0.25, 0.3) is 0 Å². The summed E-state index contributed by atoms with van der Waals surface area (Å²) in [6.07, 6.45) is 0. The van der Waals surface area contributed by atoms with Gasteiger partial charge in [0, 0.05) is 16.2 Å². The van der Waals surface area contributed by atoms with Crippen LogP contribution in [-0.4, -0.2) is 5.11 Å². The van der Waals surface area contributed by atoms with Gasteiger partial charge in [-0.2, -0.15) is 0 Å². The Labute approximate surface area is 138 Å². The van der Waals surface area contributed by atoms with E-state index in [4.69, 9.17) is 0 Å². The van der Waals surface area contributed by atoms with Gasteiger partial charge in [0.1, 0.15) is 0 Å². The zero-order valence-corrected chi connectivity index (χ0v) is 14.3. The highest BCUT2D eigenvalue weighted by Crippen LogP contribution is 2.65. The normalized spacial score (nSPS) is 12.9. The molecule has 2 nitrogen and oxygen atoms in total. The van der Waals surface area contributed by atoms with Crippen molar-refractivity contribution in [3.05, 3.63) is 96.6 Å². The second-order valence-electron chi connectivity index (χ2n) is 5.07. The second kappa shape index (κ2) is 7.62. The van der Waals surface area contributed by atoms with Gasteiger partial charge in [0.25, 0.3) is 5.85 Å². The molecule has 0 aliphatic heterocycles. The second-order valence-corrected chi connectivity index (χ2v) is 10.2. The molecule has 0 saturated heterocycles. The molecular formula is C19H17O2P2+. The van der Waals surface area contributed by atoms with Crippen molar-refractivity contribution in [1.29, 1.82) is 0 Å². The topological polar surface area (TPSA) is 37.3 Å². The number of hydrogen-bond acceptors (Lipinski definition) is 2. The minimum absolute atomic E-state index is 0.702. The number of hydrogen-bond donors (Lipinski definition) is 1. The van der Waals surface area contributed by atoms with Gasteiger partial charge in [-0.25, -0.2) is 0 Å². The maximum Gasteiger partial charge on any atom is 0.401 e. The molecule has 0 bridgehead atoms. The van der Waals surface area contributed by atoms with E-state index in [1.807, 2.05) is 91.0 Å². The summed E-state index contributed by atoms with van der Waals surface area (Å²) >= 11 is 0. The molecule has 3 aromatic rings. The molecule has 0 radical (unpaired) electrons. The summed E-state index contributed by atoms with van der Waals surface area (Å²) in [5.74, 6) is -0.960. The van der Waals surface area contributed by atoms with Crippen LogP contribution in [0.3, 0.4) is 0 Å². The van der Waals surface area contributed by atoms with E-state index in [9.17, 15) is 9.67 Å². The van der Waals surface area contributed by atoms with Gasteiger partial charge in [-0.05, 0) is 0 Å².